The van der Waals surface area contributed by atoms with Gasteiger partial charge >= 0.3 is 82.1 Å². The van der Waals surface area contributed by atoms with Gasteiger partial charge in [-0.15, -0.1) is 0 Å². The molecule has 1 rings (SSSR count). The van der Waals surface area contributed by atoms with Crippen LogP contribution in [-0.4, -0.2) is 22.5 Å². The first-order chi connectivity index (χ1) is 5.00. The third-order valence-corrected chi connectivity index (χ3v) is 2.70. The van der Waals surface area contributed by atoms with Crippen molar-refractivity contribution in [2.45, 2.75) is 26.2 Å². The van der Waals surface area contributed by atoms with Crippen LogP contribution in [0, 0.1) is 0 Å². The molecule has 0 atom stereocenters. The molecule has 0 aromatic heterocycles. The fraction of sp³-hybridized carbons (Fsp3) is 0.400. The zero-order valence-electron chi connectivity index (χ0n) is 7.31. The van der Waals surface area contributed by atoms with E-state index in [2.05, 4.69) is 45.0 Å². The average Bonchev–Trinajstić information content (AvgIpc) is 1.86. The fourth-order valence-corrected chi connectivity index (χ4v) is 1.45. The van der Waals surface area contributed by atoms with E-state index in [0.29, 0.717) is 5.41 Å². The second-order valence-corrected chi connectivity index (χ2v) is 5.48. The van der Waals surface area contributed by atoms with Crippen LogP contribution in [0.1, 0.15) is 26.3 Å². The van der Waals surface area contributed by atoms with Crippen LogP contribution in [0.3, 0.4) is 0 Å². The summed E-state index contributed by atoms with van der Waals surface area (Å²) in [5.41, 5.74) is 1.72. The predicted octanol–water partition coefficient (Wildman–Crippen LogP) is 1.78. The molecular formula is C10H13Sn. The van der Waals surface area contributed by atoms with E-state index in [1.807, 2.05) is 0 Å². The fourth-order valence-electron chi connectivity index (χ4n) is 0.970. The second kappa shape index (κ2) is 3.18. The van der Waals surface area contributed by atoms with Crippen LogP contribution in [0.25, 0.3) is 0 Å². The summed E-state index contributed by atoms with van der Waals surface area (Å²) < 4.78 is 1.42. The molecule has 0 bridgehead atoms. The first kappa shape index (κ1) is 9.11. The Labute approximate surface area is 82.1 Å². The molecule has 0 aliphatic rings. The van der Waals surface area contributed by atoms with Crippen LogP contribution in [-0.2, 0) is 5.41 Å². The average molecular weight is 252 g/mol. The van der Waals surface area contributed by atoms with Gasteiger partial charge in [0.2, 0.25) is 0 Å². The zero-order chi connectivity index (χ0) is 8.48. The Balaban J connectivity index is 2.99. The molecule has 11 heavy (non-hydrogen) atoms. The minimum absolute atomic E-state index is 0.295. The molecule has 0 aliphatic carbocycles. The summed E-state index contributed by atoms with van der Waals surface area (Å²) in [6.45, 7) is 6.72. The molecule has 0 fully saturated rings. The molecule has 3 radical (unpaired) electrons. The standard InChI is InChI=1S/C10H13.Sn/c1-10(2,3)9-7-5-4-6-8-9;/h5-8H,1-3H3;. The summed E-state index contributed by atoms with van der Waals surface area (Å²) in [5, 5.41) is 0. The predicted molar refractivity (Wildman–Crippen MR) is 50.5 cm³/mol. The van der Waals surface area contributed by atoms with Crippen molar-refractivity contribution < 1.29 is 0 Å². The molecule has 0 saturated carbocycles. The van der Waals surface area contributed by atoms with E-state index >= 15 is 0 Å². The van der Waals surface area contributed by atoms with Crippen LogP contribution < -0.4 is 3.58 Å². The van der Waals surface area contributed by atoms with Gasteiger partial charge < -0.3 is 0 Å². The SMILES string of the molecule is CC(C)(C)c1cc[c]([Sn])cc1. The van der Waals surface area contributed by atoms with Gasteiger partial charge in [-0.25, -0.2) is 0 Å². The van der Waals surface area contributed by atoms with Crippen molar-refractivity contribution in [3.05, 3.63) is 29.8 Å². The molecule has 0 N–H and O–H groups in total. The van der Waals surface area contributed by atoms with Gasteiger partial charge in [0.25, 0.3) is 0 Å². The number of hydrogen-bond donors (Lipinski definition) is 0. The Hall–Kier alpha value is 0.0187. The molecule has 0 unspecified atom stereocenters. The minimum atomic E-state index is 0.295. The van der Waals surface area contributed by atoms with E-state index in [9.17, 15) is 0 Å². The number of rotatable bonds is 0. The molecule has 0 nitrogen and oxygen atoms in total. The van der Waals surface area contributed by atoms with Crippen LogP contribution in [0.4, 0.5) is 0 Å². The first-order valence-corrected chi connectivity index (χ1v) is 5.25. The summed E-state index contributed by atoms with van der Waals surface area (Å²) in [6.07, 6.45) is 0. The van der Waals surface area contributed by atoms with Crippen molar-refractivity contribution in [3.63, 3.8) is 0 Å². The van der Waals surface area contributed by atoms with E-state index in [0.717, 1.165) is 0 Å². The first-order valence-electron chi connectivity index (χ1n) is 3.82. The van der Waals surface area contributed by atoms with Crippen molar-refractivity contribution in [1.29, 1.82) is 0 Å². The summed E-state index contributed by atoms with van der Waals surface area (Å²) in [4.78, 5) is 0. The van der Waals surface area contributed by atoms with Crippen molar-refractivity contribution in [3.8, 4) is 0 Å². The number of benzene rings is 1. The molecular weight excluding hydrogens is 239 g/mol. The zero-order valence-corrected chi connectivity index (χ0v) is 10.2. The molecule has 0 saturated heterocycles. The van der Waals surface area contributed by atoms with Crippen molar-refractivity contribution in [2.24, 2.45) is 0 Å². The molecule has 0 aliphatic heterocycles. The maximum atomic E-state index is 2.24. The molecule has 0 heterocycles. The Morgan fingerprint density at radius 3 is 1.82 bits per heavy atom. The van der Waals surface area contributed by atoms with Crippen molar-refractivity contribution in [1.82, 2.24) is 0 Å². The van der Waals surface area contributed by atoms with E-state index in [1.54, 1.807) is 0 Å². The van der Waals surface area contributed by atoms with Gasteiger partial charge in [0.15, 0.2) is 0 Å². The third-order valence-electron chi connectivity index (χ3n) is 1.75. The van der Waals surface area contributed by atoms with Gasteiger partial charge in [0.05, 0.1) is 0 Å². The second-order valence-electron chi connectivity index (χ2n) is 3.83. The Kier molecular flexibility index (Phi) is 2.63. The molecule has 0 spiro atoms. The quantitative estimate of drug-likeness (QED) is 0.617. The third kappa shape index (κ3) is 2.51. The van der Waals surface area contributed by atoms with Crippen molar-refractivity contribution in [2.75, 3.05) is 0 Å². The van der Waals surface area contributed by atoms with Crippen LogP contribution in [0.2, 0.25) is 0 Å². The topological polar surface area (TPSA) is 0 Å². The van der Waals surface area contributed by atoms with Crippen molar-refractivity contribution >= 4 is 26.1 Å². The molecule has 1 aromatic rings. The van der Waals surface area contributed by atoms with Gasteiger partial charge in [0.1, 0.15) is 0 Å². The van der Waals surface area contributed by atoms with E-state index in [4.69, 9.17) is 0 Å². The Bertz CT molecular complexity index is 228. The molecule has 57 valence electrons. The monoisotopic (exact) mass is 253 g/mol. The molecule has 1 heteroatoms. The van der Waals surface area contributed by atoms with Gasteiger partial charge in [-0.2, -0.15) is 0 Å². The van der Waals surface area contributed by atoms with E-state index < -0.39 is 0 Å². The van der Waals surface area contributed by atoms with Crippen LogP contribution in [0.5, 0.6) is 0 Å². The summed E-state index contributed by atoms with van der Waals surface area (Å²) in [6, 6.07) is 8.87. The number of hydrogen-bond acceptors (Lipinski definition) is 0. The molecule has 0 amide bonds. The van der Waals surface area contributed by atoms with Crippen LogP contribution in [0.15, 0.2) is 24.3 Å². The van der Waals surface area contributed by atoms with Gasteiger partial charge in [-0.05, 0) is 0 Å². The van der Waals surface area contributed by atoms with E-state index in [-0.39, 0.29) is 0 Å². The van der Waals surface area contributed by atoms with Gasteiger partial charge in [-0.1, -0.05) is 0 Å². The van der Waals surface area contributed by atoms with Crippen LogP contribution >= 0.6 is 0 Å². The maximum absolute atomic E-state index is 2.24. The summed E-state index contributed by atoms with van der Waals surface area (Å²) >= 11 is 1.50. The van der Waals surface area contributed by atoms with Gasteiger partial charge in [-0.3, -0.25) is 0 Å². The summed E-state index contributed by atoms with van der Waals surface area (Å²) in [7, 11) is 0. The Morgan fingerprint density at radius 1 is 1.00 bits per heavy atom. The summed E-state index contributed by atoms with van der Waals surface area (Å²) in [5.74, 6) is 0. The Morgan fingerprint density at radius 2 is 1.45 bits per heavy atom. The van der Waals surface area contributed by atoms with E-state index in [1.165, 1.54) is 31.7 Å². The molecule has 1 aromatic carbocycles. The van der Waals surface area contributed by atoms with Gasteiger partial charge in [0, 0.05) is 0 Å². The normalized spacial score (nSPS) is 11.6.